The molecular formula is C30H22ClN3. The molecule has 1 aromatic heterocycles. The molecule has 0 bridgehead atoms. The Bertz CT molecular complexity index is 1640. The Kier molecular flexibility index (Phi) is 6.03. The van der Waals surface area contributed by atoms with Crippen molar-refractivity contribution in [3.63, 3.8) is 0 Å². The molecule has 0 saturated carbocycles. The van der Waals surface area contributed by atoms with Crippen LogP contribution in [0.2, 0.25) is 5.28 Å². The Balaban J connectivity index is 1.53. The average molecular weight is 460 g/mol. The van der Waals surface area contributed by atoms with Gasteiger partial charge in [0.2, 0.25) is 5.28 Å². The second-order valence-electron chi connectivity index (χ2n) is 7.98. The van der Waals surface area contributed by atoms with E-state index in [1.165, 1.54) is 11.1 Å². The summed E-state index contributed by atoms with van der Waals surface area (Å²) in [6.45, 7) is 6.25. The molecule has 4 heteroatoms. The Labute approximate surface area is 203 Å². The molecule has 5 aromatic rings. The molecule has 3 nitrogen and oxygen atoms in total. The van der Waals surface area contributed by atoms with Crippen molar-refractivity contribution in [3.05, 3.63) is 119 Å². The number of aromatic nitrogens is 3. The highest BCUT2D eigenvalue weighted by Crippen LogP contribution is 2.24. The lowest BCUT2D eigenvalue weighted by atomic mass is 10.0. The summed E-state index contributed by atoms with van der Waals surface area (Å²) in [5.74, 6) is 0.981. The van der Waals surface area contributed by atoms with E-state index in [4.69, 9.17) is 11.6 Å². The predicted molar refractivity (Wildman–Crippen MR) is 143 cm³/mol. The van der Waals surface area contributed by atoms with Gasteiger partial charge in [0.25, 0.3) is 0 Å². The van der Waals surface area contributed by atoms with Gasteiger partial charge in [-0.2, -0.15) is 9.97 Å². The standard InChI is InChI=1S/C30H22ClN3/c1-3-21-18-26(22-9-5-4-6-10-22)15-14-25(21)17-20(2)28-32-29(34-30(31)33-28)27-16-13-23-11-7-8-12-24(23)19-27/h3-19H,2H2,1H3/b21-3-,25-17-. The third kappa shape index (κ3) is 4.52. The second kappa shape index (κ2) is 9.42. The number of allylic oxidation sites excluding steroid dienone is 1. The van der Waals surface area contributed by atoms with Crippen molar-refractivity contribution < 1.29 is 0 Å². The zero-order valence-electron chi connectivity index (χ0n) is 18.7. The Morgan fingerprint density at radius 1 is 0.706 bits per heavy atom. The summed E-state index contributed by atoms with van der Waals surface area (Å²) in [4.78, 5) is 13.4. The van der Waals surface area contributed by atoms with Crippen LogP contribution in [0.25, 0.3) is 51.0 Å². The summed E-state index contributed by atoms with van der Waals surface area (Å²) in [6, 6.07) is 31.0. The molecule has 1 heterocycles. The quantitative estimate of drug-likeness (QED) is 0.316. The summed E-state index contributed by atoms with van der Waals surface area (Å²) >= 11 is 6.29. The SMILES string of the molecule is C=C(/C=c1/ccc(-c2ccccc2)c/c1=C/C)c1nc(Cl)nc(-c2ccc3ccccc3c2)n1. The molecule has 0 N–H and O–H groups in total. The lowest BCUT2D eigenvalue weighted by Crippen LogP contribution is -2.24. The Morgan fingerprint density at radius 2 is 1.44 bits per heavy atom. The van der Waals surface area contributed by atoms with Gasteiger partial charge in [0, 0.05) is 11.1 Å². The molecule has 0 atom stereocenters. The first-order valence-electron chi connectivity index (χ1n) is 11.0. The fourth-order valence-corrected chi connectivity index (χ4v) is 4.13. The minimum absolute atomic E-state index is 0.143. The van der Waals surface area contributed by atoms with E-state index >= 15 is 0 Å². The summed E-state index contributed by atoms with van der Waals surface area (Å²) in [6.07, 6.45) is 4.08. The zero-order valence-corrected chi connectivity index (χ0v) is 19.5. The number of fused-ring (bicyclic) bond motifs is 1. The average Bonchev–Trinajstić information content (AvgIpc) is 2.88. The van der Waals surface area contributed by atoms with Gasteiger partial charge in [-0.25, -0.2) is 4.98 Å². The highest BCUT2D eigenvalue weighted by Gasteiger charge is 2.10. The molecule has 5 rings (SSSR count). The van der Waals surface area contributed by atoms with Crippen LogP contribution < -0.4 is 10.4 Å². The van der Waals surface area contributed by atoms with Crippen molar-refractivity contribution in [2.24, 2.45) is 0 Å². The van der Waals surface area contributed by atoms with Gasteiger partial charge < -0.3 is 0 Å². The van der Waals surface area contributed by atoms with Crippen LogP contribution in [0, 0.1) is 0 Å². The van der Waals surface area contributed by atoms with Gasteiger partial charge in [-0.05, 0) is 69.1 Å². The van der Waals surface area contributed by atoms with Gasteiger partial charge >= 0.3 is 0 Å². The van der Waals surface area contributed by atoms with Crippen LogP contribution >= 0.6 is 11.6 Å². The van der Waals surface area contributed by atoms with Crippen molar-refractivity contribution in [2.45, 2.75) is 6.92 Å². The maximum Gasteiger partial charge on any atom is 0.226 e. The minimum atomic E-state index is 0.143. The first-order chi connectivity index (χ1) is 16.6. The third-order valence-corrected chi connectivity index (χ3v) is 5.91. The summed E-state index contributed by atoms with van der Waals surface area (Å²) in [5.41, 5.74) is 3.90. The number of halogens is 1. The van der Waals surface area contributed by atoms with Gasteiger partial charge in [0.15, 0.2) is 11.6 Å². The summed E-state index contributed by atoms with van der Waals surface area (Å²) in [7, 11) is 0. The van der Waals surface area contributed by atoms with Crippen LogP contribution in [0.1, 0.15) is 12.7 Å². The van der Waals surface area contributed by atoms with E-state index in [0.29, 0.717) is 17.2 Å². The van der Waals surface area contributed by atoms with E-state index in [1.807, 2.05) is 49.4 Å². The monoisotopic (exact) mass is 459 g/mol. The molecule has 0 radical (unpaired) electrons. The van der Waals surface area contributed by atoms with Crippen LogP contribution in [0.4, 0.5) is 0 Å². The van der Waals surface area contributed by atoms with Gasteiger partial charge in [-0.15, -0.1) is 0 Å². The molecular weight excluding hydrogens is 438 g/mol. The number of hydrogen-bond donors (Lipinski definition) is 0. The molecule has 164 valence electrons. The maximum absolute atomic E-state index is 6.29. The smallest absolute Gasteiger partial charge is 0.208 e. The second-order valence-corrected chi connectivity index (χ2v) is 8.32. The van der Waals surface area contributed by atoms with Gasteiger partial charge in [-0.1, -0.05) is 91.5 Å². The van der Waals surface area contributed by atoms with E-state index in [1.54, 1.807) is 0 Å². The van der Waals surface area contributed by atoms with Crippen molar-refractivity contribution in [3.8, 4) is 22.5 Å². The van der Waals surface area contributed by atoms with Crippen molar-refractivity contribution in [1.82, 2.24) is 15.0 Å². The fourth-order valence-electron chi connectivity index (χ4n) is 3.97. The first-order valence-corrected chi connectivity index (χ1v) is 11.4. The third-order valence-electron chi connectivity index (χ3n) is 5.74. The van der Waals surface area contributed by atoms with E-state index in [0.717, 1.165) is 26.8 Å². The number of hydrogen-bond acceptors (Lipinski definition) is 3. The van der Waals surface area contributed by atoms with E-state index in [-0.39, 0.29) is 5.28 Å². The van der Waals surface area contributed by atoms with Crippen LogP contribution in [-0.4, -0.2) is 15.0 Å². The molecule has 34 heavy (non-hydrogen) atoms. The van der Waals surface area contributed by atoms with Gasteiger partial charge in [0.05, 0.1) is 0 Å². The van der Waals surface area contributed by atoms with E-state index in [2.05, 4.69) is 82.2 Å². The van der Waals surface area contributed by atoms with E-state index < -0.39 is 0 Å². The Hall–Kier alpha value is -4.08. The summed E-state index contributed by atoms with van der Waals surface area (Å²) in [5, 5.41) is 4.56. The first kappa shape index (κ1) is 21.7. The normalized spacial score (nSPS) is 12.3. The van der Waals surface area contributed by atoms with Crippen molar-refractivity contribution in [2.75, 3.05) is 0 Å². The van der Waals surface area contributed by atoms with Gasteiger partial charge in [0.1, 0.15) is 0 Å². The predicted octanol–water partition coefficient (Wildman–Crippen LogP) is 6.31. The molecule has 0 unspecified atom stereocenters. The van der Waals surface area contributed by atoms with Crippen LogP contribution in [0.3, 0.4) is 0 Å². The highest BCUT2D eigenvalue weighted by atomic mass is 35.5. The maximum atomic E-state index is 6.29. The largest absolute Gasteiger partial charge is 0.226 e. The zero-order chi connectivity index (χ0) is 23.5. The molecule has 4 aromatic carbocycles. The molecule has 0 aliphatic carbocycles. The number of benzene rings is 4. The van der Waals surface area contributed by atoms with E-state index in [9.17, 15) is 0 Å². The van der Waals surface area contributed by atoms with Crippen LogP contribution in [-0.2, 0) is 0 Å². The van der Waals surface area contributed by atoms with Crippen molar-refractivity contribution >= 4 is 40.1 Å². The lowest BCUT2D eigenvalue weighted by molar-refractivity contribution is 1.03. The molecule has 0 spiro atoms. The molecule has 0 saturated heterocycles. The number of nitrogens with zero attached hydrogens (tertiary/aromatic N) is 3. The minimum Gasteiger partial charge on any atom is -0.208 e. The molecule has 0 aliphatic rings. The molecule has 0 fully saturated rings. The topological polar surface area (TPSA) is 38.7 Å². The number of rotatable bonds is 4. The molecule has 0 amide bonds. The molecule has 0 aliphatic heterocycles. The fraction of sp³-hybridized carbons (Fsp3) is 0.0333. The Morgan fingerprint density at radius 3 is 2.24 bits per heavy atom. The van der Waals surface area contributed by atoms with Crippen LogP contribution in [0.15, 0.2) is 97.6 Å². The van der Waals surface area contributed by atoms with Gasteiger partial charge in [-0.3, -0.25) is 0 Å². The van der Waals surface area contributed by atoms with Crippen molar-refractivity contribution in [1.29, 1.82) is 0 Å². The summed E-state index contributed by atoms with van der Waals surface area (Å²) < 4.78 is 0. The van der Waals surface area contributed by atoms with Crippen LogP contribution in [0.5, 0.6) is 0 Å². The lowest BCUT2D eigenvalue weighted by Gasteiger charge is -2.06. The highest BCUT2D eigenvalue weighted by molar-refractivity contribution is 6.28.